The molecule has 4 nitrogen and oxygen atoms in total. The number of anilines is 1. The second-order valence-electron chi connectivity index (χ2n) is 3.50. The highest BCUT2D eigenvalue weighted by atomic mass is 16.3. The van der Waals surface area contributed by atoms with Crippen molar-refractivity contribution in [1.29, 1.82) is 0 Å². The van der Waals surface area contributed by atoms with Gasteiger partial charge in [0.2, 0.25) is 0 Å². The van der Waals surface area contributed by atoms with Crippen LogP contribution in [0, 0.1) is 0 Å². The number of rotatable bonds is 4. The molecule has 2 aromatic rings. The molecule has 0 aliphatic rings. The molecular weight excluding hydrogens is 204 g/mol. The zero-order valence-electron chi connectivity index (χ0n) is 8.96. The second-order valence-corrected chi connectivity index (χ2v) is 3.50. The normalized spacial score (nSPS) is 10.1. The van der Waals surface area contributed by atoms with E-state index in [1.807, 2.05) is 30.1 Å². The van der Waals surface area contributed by atoms with Gasteiger partial charge in [-0.15, -0.1) is 0 Å². The smallest absolute Gasteiger partial charge is 0.151 e. The molecule has 0 N–H and O–H groups in total. The van der Waals surface area contributed by atoms with Crippen LogP contribution in [0.25, 0.3) is 0 Å². The molecule has 2 rings (SSSR count). The Labute approximate surface area is 93.5 Å². The van der Waals surface area contributed by atoms with Crippen LogP contribution in [0.15, 0.2) is 41.1 Å². The van der Waals surface area contributed by atoms with Crippen molar-refractivity contribution in [2.75, 3.05) is 11.9 Å². The molecule has 0 aromatic carbocycles. The van der Waals surface area contributed by atoms with E-state index in [9.17, 15) is 4.79 Å². The van der Waals surface area contributed by atoms with Crippen molar-refractivity contribution in [3.63, 3.8) is 0 Å². The monoisotopic (exact) mass is 216 g/mol. The Hall–Kier alpha value is -2.10. The SMILES string of the molecule is CN(Cc1ccco1)c1ccc(C=O)cn1. The minimum atomic E-state index is 0.579. The Morgan fingerprint density at radius 1 is 1.44 bits per heavy atom. The van der Waals surface area contributed by atoms with Gasteiger partial charge in [-0.05, 0) is 24.3 Å². The molecule has 0 unspecified atom stereocenters. The van der Waals surface area contributed by atoms with Crippen molar-refractivity contribution in [3.05, 3.63) is 48.0 Å². The lowest BCUT2D eigenvalue weighted by Gasteiger charge is -2.16. The van der Waals surface area contributed by atoms with Crippen LogP contribution in [0.5, 0.6) is 0 Å². The van der Waals surface area contributed by atoms with Gasteiger partial charge < -0.3 is 9.32 Å². The predicted molar refractivity (Wildman–Crippen MR) is 60.4 cm³/mol. The van der Waals surface area contributed by atoms with Crippen LogP contribution in [0.2, 0.25) is 0 Å². The van der Waals surface area contributed by atoms with E-state index in [0.717, 1.165) is 17.9 Å². The molecule has 0 atom stereocenters. The minimum absolute atomic E-state index is 0.579. The summed E-state index contributed by atoms with van der Waals surface area (Å²) in [5, 5.41) is 0. The number of pyridine rings is 1. The fourth-order valence-electron chi connectivity index (χ4n) is 1.41. The number of carbonyl (C=O) groups excluding carboxylic acids is 1. The van der Waals surface area contributed by atoms with Gasteiger partial charge in [-0.1, -0.05) is 0 Å². The van der Waals surface area contributed by atoms with Gasteiger partial charge >= 0.3 is 0 Å². The van der Waals surface area contributed by atoms with Crippen LogP contribution in [0.4, 0.5) is 5.82 Å². The first-order valence-corrected chi connectivity index (χ1v) is 4.94. The Morgan fingerprint density at radius 2 is 2.31 bits per heavy atom. The average molecular weight is 216 g/mol. The molecule has 0 saturated carbocycles. The number of aromatic nitrogens is 1. The Balaban J connectivity index is 2.08. The van der Waals surface area contributed by atoms with E-state index in [1.165, 1.54) is 0 Å². The van der Waals surface area contributed by atoms with Gasteiger partial charge in [-0.25, -0.2) is 4.98 Å². The fourth-order valence-corrected chi connectivity index (χ4v) is 1.41. The molecule has 0 aliphatic carbocycles. The maximum Gasteiger partial charge on any atom is 0.151 e. The van der Waals surface area contributed by atoms with Crippen LogP contribution in [-0.4, -0.2) is 18.3 Å². The van der Waals surface area contributed by atoms with E-state index < -0.39 is 0 Å². The lowest BCUT2D eigenvalue weighted by molar-refractivity contribution is 0.112. The summed E-state index contributed by atoms with van der Waals surface area (Å²) in [6, 6.07) is 7.32. The third kappa shape index (κ3) is 2.28. The number of hydrogen-bond acceptors (Lipinski definition) is 4. The summed E-state index contributed by atoms with van der Waals surface area (Å²) in [5.74, 6) is 1.69. The molecular formula is C12H12N2O2. The van der Waals surface area contributed by atoms with Crippen LogP contribution < -0.4 is 4.90 Å². The van der Waals surface area contributed by atoms with E-state index in [2.05, 4.69) is 4.98 Å². The van der Waals surface area contributed by atoms with Gasteiger partial charge in [0, 0.05) is 18.8 Å². The van der Waals surface area contributed by atoms with E-state index in [0.29, 0.717) is 12.1 Å². The topological polar surface area (TPSA) is 46.3 Å². The fraction of sp³-hybridized carbons (Fsp3) is 0.167. The quantitative estimate of drug-likeness (QED) is 0.734. The maximum atomic E-state index is 10.5. The van der Waals surface area contributed by atoms with Gasteiger partial charge in [0.15, 0.2) is 6.29 Å². The lowest BCUT2D eigenvalue weighted by Crippen LogP contribution is -2.17. The highest BCUT2D eigenvalue weighted by Gasteiger charge is 2.04. The molecule has 0 spiro atoms. The number of carbonyl (C=O) groups is 1. The standard InChI is InChI=1S/C12H12N2O2/c1-14(8-11-3-2-6-16-11)12-5-4-10(9-15)7-13-12/h2-7,9H,8H2,1H3. The van der Waals surface area contributed by atoms with Crippen LogP contribution >= 0.6 is 0 Å². The summed E-state index contributed by atoms with van der Waals surface area (Å²) >= 11 is 0. The molecule has 2 heterocycles. The van der Waals surface area contributed by atoms with Gasteiger partial charge in [0.25, 0.3) is 0 Å². The summed E-state index contributed by atoms with van der Waals surface area (Å²) in [6.45, 7) is 0.653. The Morgan fingerprint density at radius 3 is 2.88 bits per heavy atom. The number of hydrogen-bond donors (Lipinski definition) is 0. The summed E-state index contributed by atoms with van der Waals surface area (Å²) in [7, 11) is 1.92. The van der Waals surface area contributed by atoms with Gasteiger partial charge in [0.05, 0.1) is 12.8 Å². The summed E-state index contributed by atoms with van der Waals surface area (Å²) in [4.78, 5) is 16.6. The van der Waals surface area contributed by atoms with Crippen molar-refractivity contribution < 1.29 is 9.21 Å². The largest absolute Gasteiger partial charge is 0.467 e. The van der Waals surface area contributed by atoms with Crippen LogP contribution in [-0.2, 0) is 6.54 Å². The van der Waals surface area contributed by atoms with E-state index in [-0.39, 0.29) is 0 Å². The first-order chi connectivity index (χ1) is 7.79. The maximum absolute atomic E-state index is 10.5. The molecule has 4 heteroatoms. The zero-order chi connectivity index (χ0) is 11.4. The molecule has 0 saturated heterocycles. The van der Waals surface area contributed by atoms with Crippen molar-refractivity contribution in [2.24, 2.45) is 0 Å². The zero-order valence-corrected chi connectivity index (χ0v) is 8.96. The number of aldehydes is 1. The Kier molecular flexibility index (Phi) is 3.00. The summed E-state index contributed by atoms with van der Waals surface area (Å²) in [6.07, 6.45) is 3.98. The molecule has 0 fully saturated rings. The highest BCUT2D eigenvalue weighted by molar-refractivity contribution is 5.74. The molecule has 0 radical (unpaired) electrons. The molecule has 16 heavy (non-hydrogen) atoms. The van der Waals surface area contributed by atoms with Crippen molar-refractivity contribution in [3.8, 4) is 0 Å². The Bertz CT molecular complexity index is 448. The molecule has 0 amide bonds. The lowest BCUT2D eigenvalue weighted by atomic mass is 10.3. The summed E-state index contributed by atoms with van der Waals surface area (Å²) < 4.78 is 5.24. The molecule has 0 aliphatic heterocycles. The van der Waals surface area contributed by atoms with Crippen LogP contribution in [0.3, 0.4) is 0 Å². The third-order valence-corrected chi connectivity index (χ3v) is 2.27. The molecule has 2 aromatic heterocycles. The van der Waals surface area contributed by atoms with Gasteiger partial charge in [0.1, 0.15) is 11.6 Å². The first kappa shape index (κ1) is 10.4. The highest BCUT2D eigenvalue weighted by Crippen LogP contribution is 2.12. The van der Waals surface area contributed by atoms with E-state index in [1.54, 1.807) is 18.5 Å². The van der Waals surface area contributed by atoms with E-state index in [4.69, 9.17) is 4.42 Å². The van der Waals surface area contributed by atoms with E-state index >= 15 is 0 Å². The number of furan rings is 1. The first-order valence-electron chi connectivity index (χ1n) is 4.94. The molecule has 82 valence electrons. The predicted octanol–water partition coefficient (Wildman–Crippen LogP) is 2.12. The second kappa shape index (κ2) is 4.61. The summed E-state index contributed by atoms with van der Waals surface area (Å²) in [5.41, 5.74) is 0.579. The van der Waals surface area contributed by atoms with Crippen molar-refractivity contribution in [1.82, 2.24) is 4.98 Å². The van der Waals surface area contributed by atoms with Crippen molar-refractivity contribution >= 4 is 12.1 Å². The number of nitrogens with zero attached hydrogens (tertiary/aromatic N) is 2. The average Bonchev–Trinajstić information content (AvgIpc) is 2.82. The molecule has 0 bridgehead atoms. The minimum Gasteiger partial charge on any atom is -0.467 e. The van der Waals surface area contributed by atoms with Gasteiger partial charge in [-0.2, -0.15) is 0 Å². The van der Waals surface area contributed by atoms with Crippen molar-refractivity contribution in [2.45, 2.75) is 6.54 Å². The van der Waals surface area contributed by atoms with Crippen LogP contribution in [0.1, 0.15) is 16.1 Å². The third-order valence-electron chi connectivity index (χ3n) is 2.27. The van der Waals surface area contributed by atoms with Gasteiger partial charge in [-0.3, -0.25) is 4.79 Å².